The fourth-order valence-electron chi connectivity index (χ4n) is 3.34. The highest BCUT2D eigenvalue weighted by molar-refractivity contribution is 7.92. The molecular formula is C19H23N3O4S. The summed E-state index contributed by atoms with van der Waals surface area (Å²) in [5, 5.41) is 9.28. The predicted octanol–water partition coefficient (Wildman–Crippen LogP) is 3.13. The zero-order valence-corrected chi connectivity index (χ0v) is 16.2. The van der Waals surface area contributed by atoms with Crippen LogP contribution in [-0.2, 0) is 10.0 Å². The highest BCUT2D eigenvalue weighted by Gasteiger charge is 2.24. The molecule has 2 N–H and O–H groups in total. The van der Waals surface area contributed by atoms with E-state index in [1.165, 1.54) is 18.3 Å². The van der Waals surface area contributed by atoms with Gasteiger partial charge in [-0.1, -0.05) is 25.1 Å². The van der Waals surface area contributed by atoms with Gasteiger partial charge in [0, 0.05) is 19.3 Å². The second-order valence-electron chi connectivity index (χ2n) is 6.96. The Morgan fingerprint density at radius 2 is 2.07 bits per heavy atom. The lowest BCUT2D eigenvalue weighted by atomic mass is 10.0. The lowest BCUT2D eigenvalue weighted by Gasteiger charge is -2.33. The first kappa shape index (κ1) is 19.2. The number of pyridine rings is 1. The molecule has 0 bridgehead atoms. The molecule has 1 atom stereocenters. The average Bonchev–Trinajstić information content (AvgIpc) is 2.61. The minimum absolute atomic E-state index is 0.0636. The Hall–Kier alpha value is -2.61. The monoisotopic (exact) mass is 389 g/mol. The quantitative estimate of drug-likeness (QED) is 0.815. The van der Waals surface area contributed by atoms with Gasteiger partial charge in [-0.25, -0.2) is 18.2 Å². The van der Waals surface area contributed by atoms with E-state index in [1.807, 2.05) is 4.90 Å². The Bertz CT molecular complexity index is 959. The number of nitrogens with zero attached hydrogens (tertiary/aromatic N) is 2. The molecular weight excluding hydrogens is 366 g/mol. The second-order valence-corrected chi connectivity index (χ2v) is 8.62. The van der Waals surface area contributed by atoms with Gasteiger partial charge in [-0.05, 0) is 43.4 Å². The first-order valence-electron chi connectivity index (χ1n) is 8.84. The molecule has 1 unspecified atom stereocenters. The van der Waals surface area contributed by atoms with E-state index in [4.69, 9.17) is 0 Å². The number of aromatic carboxylic acids is 1. The van der Waals surface area contributed by atoms with Crippen LogP contribution in [0.15, 0.2) is 41.4 Å². The number of carboxylic acid groups (broad SMARTS) is 1. The van der Waals surface area contributed by atoms with Crippen molar-refractivity contribution in [2.24, 2.45) is 5.92 Å². The van der Waals surface area contributed by atoms with Crippen molar-refractivity contribution in [1.29, 1.82) is 0 Å². The smallest absolute Gasteiger partial charge is 0.337 e. The molecule has 0 aliphatic carbocycles. The van der Waals surface area contributed by atoms with E-state index in [9.17, 15) is 18.3 Å². The van der Waals surface area contributed by atoms with Crippen LogP contribution >= 0.6 is 0 Å². The fraction of sp³-hybridized carbons (Fsp3) is 0.368. The van der Waals surface area contributed by atoms with Crippen molar-refractivity contribution in [2.45, 2.75) is 31.6 Å². The van der Waals surface area contributed by atoms with Crippen LogP contribution in [0.25, 0.3) is 0 Å². The van der Waals surface area contributed by atoms with Gasteiger partial charge in [-0.3, -0.25) is 4.72 Å². The van der Waals surface area contributed by atoms with Gasteiger partial charge in [0.2, 0.25) is 0 Å². The normalized spacial score (nSPS) is 17.6. The zero-order chi connectivity index (χ0) is 19.6. The molecule has 0 amide bonds. The topological polar surface area (TPSA) is 99.6 Å². The summed E-state index contributed by atoms with van der Waals surface area (Å²) in [5.41, 5.74) is 0.735. The van der Waals surface area contributed by atoms with Crippen LogP contribution in [0.4, 0.5) is 11.5 Å². The molecule has 3 rings (SSSR count). The van der Waals surface area contributed by atoms with Crippen LogP contribution in [0.5, 0.6) is 0 Å². The molecule has 7 nitrogen and oxygen atoms in total. The number of piperidine rings is 1. The van der Waals surface area contributed by atoms with Crippen LogP contribution in [0.2, 0.25) is 0 Å². The Labute approximate surface area is 159 Å². The molecule has 0 spiro atoms. The SMILES string of the molecule is Cc1ccccc1S(=O)(=O)Nc1cc(C(=O)O)cnc1N1CCCC(C)C1. The van der Waals surface area contributed by atoms with Crippen molar-refractivity contribution in [3.05, 3.63) is 47.7 Å². The number of sulfonamides is 1. The van der Waals surface area contributed by atoms with Gasteiger partial charge in [0.1, 0.15) is 0 Å². The fourth-order valence-corrected chi connectivity index (χ4v) is 4.64. The lowest BCUT2D eigenvalue weighted by molar-refractivity contribution is 0.0696. The molecule has 1 fully saturated rings. The lowest BCUT2D eigenvalue weighted by Crippen LogP contribution is -2.35. The Kier molecular flexibility index (Phi) is 5.36. The summed E-state index contributed by atoms with van der Waals surface area (Å²) in [6, 6.07) is 7.99. The van der Waals surface area contributed by atoms with Crippen LogP contribution in [0, 0.1) is 12.8 Å². The van der Waals surface area contributed by atoms with Gasteiger partial charge in [0.15, 0.2) is 5.82 Å². The van der Waals surface area contributed by atoms with Gasteiger partial charge in [-0.15, -0.1) is 0 Å². The minimum Gasteiger partial charge on any atom is -0.478 e. The highest BCUT2D eigenvalue weighted by Crippen LogP contribution is 2.31. The van der Waals surface area contributed by atoms with E-state index in [2.05, 4.69) is 16.6 Å². The maximum atomic E-state index is 12.9. The number of anilines is 2. The Morgan fingerprint density at radius 3 is 2.74 bits per heavy atom. The molecule has 0 radical (unpaired) electrons. The number of benzene rings is 1. The predicted molar refractivity (Wildman–Crippen MR) is 104 cm³/mol. The van der Waals surface area contributed by atoms with Gasteiger partial charge in [0.25, 0.3) is 10.0 Å². The minimum atomic E-state index is -3.87. The summed E-state index contributed by atoms with van der Waals surface area (Å²) in [6.45, 7) is 5.35. The van der Waals surface area contributed by atoms with E-state index in [1.54, 1.807) is 25.1 Å². The highest BCUT2D eigenvalue weighted by atomic mass is 32.2. The molecule has 1 aromatic carbocycles. The standard InChI is InChI=1S/C19H23N3O4S/c1-13-6-5-9-22(12-13)18-16(10-15(11-20-18)19(23)24)21-27(25,26)17-8-4-3-7-14(17)2/h3-4,7-8,10-11,13,21H,5-6,9,12H2,1-2H3,(H,23,24). The number of carboxylic acids is 1. The summed E-state index contributed by atoms with van der Waals surface area (Å²) < 4.78 is 28.4. The molecule has 2 aromatic rings. The summed E-state index contributed by atoms with van der Waals surface area (Å²) in [4.78, 5) is 17.8. The number of hydrogen-bond donors (Lipinski definition) is 2. The van der Waals surface area contributed by atoms with E-state index in [-0.39, 0.29) is 16.1 Å². The summed E-state index contributed by atoms with van der Waals surface area (Å²) in [5.74, 6) is -0.235. The summed E-state index contributed by atoms with van der Waals surface area (Å²) in [7, 11) is -3.87. The molecule has 1 aliphatic heterocycles. The molecule has 27 heavy (non-hydrogen) atoms. The van der Waals surface area contributed by atoms with Gasteiger partial charge < -0.3 is 10.0 Å². The number of carbonyl (C=O) groups is 1. The number of rotatable bonds is 5. The summed E-state index contributed by atoms with van der Waals surface area (Å²) >= 11 is 0. The molecule has 0 saturated carbocycles. The van der Waals surface area contributed by atoms with Gasteiger partial charge >= 0.3 is 5.97 Å². The molecule has 144 valence electrons. The summed E-state index contributed by atoms with van der Waals surface area (Å²) in [6.07, 6.45) is 3.35. The van der Waals surface area contributed by atoms with E-state index < -0.39 is 16.0 Å². The molecule has 1 aliphatic rings. The van der Waals surface area contributed by atoms with Gasteiger partial charge in [0.05, 0.1) is 16.1 Å². The van der Waals surface area contributed by atoms with Crippen LogP contribution in [0.1, 0.15) is 35.7 Å². The maximum Gasteiger partial charge on any atom is 0.337 e. The van der Waals surface area contributed by atoms with E-state index in [0.29, 0.717) is 17.3 Å². The number of nitrogens with one attached hydrogen (secondary N) is 1. The second kappa shape index (κ2) is 7.56. The molecule has 8 heteroatoms. The van der Waals surface area contributed by atoms with Crippen LogP contribution in [-0.4, -0.2) is 37.6 Å². The average molecular weight is 389 g/mol. The van der Waals surface area contributed by atoms with E-state index in [0.717, 1.165) is 25.9 Å². The Balaban J connectivity index is 2.03. The molecule has 2 heterocycles. The number of hydrogen-bond acceptors (Lipinski definition) is 5. The maximum absolute atomic E-state index is 12.9. The van der Waals surface area contributed by atoms with Crippen LogP contribution < -0.4 is 9.62 Å². The Morgan fingerprint density at radius 1 is 1.33 bits per heavy atom. The third-order valence-corrected chi connectivity index (χ3v) is 6.22. The molecule has 1 aromatic heterocycles. The van der Waals surface area contributed by atoms with Crippen molar-refractivity contribution in [3.63, 3.8) is 0 Å². The first-order chi connectivity index (χ1) is 12.8. The third kappa shape index (κ3) is 4.21. The van der Waals surface area contributed by atoms with Gasteiger partial charge in [-0.2, -0.15) is 0 Å². The number of aromatic nitrogens is 1. The van der Waals surface area contributed by atoms with Crippen molar-refractivity contribution < 1.29 is 18.3 Å². The third-order valence-electron chi connectivity index (χ3n) is 4.70. The zero-order valence-electron chi connectivity index (χ0n) is 15.3. The van der Waals surface area contributed by atoms with Crippen molar-refractivity contribution in [2.75, 3.05) is 22.7 Å². The van der Waals surface area contributed by atoms with Crippen molar-refractivity contribution in [1.82, 2.24) is 4.98 Å². The molecule has 1 saturated heterocycles. The van der Waals surface area contributed by atoms with E-state index >= 15 is 0 Å². The van der Waals surface area contributed by atoms with Crippen molar-refractivity contribution in [3.8, 4) is 0 Å². The van der Waals surface area contributed by atoms with Crippen LogP contribution in [0.3, 0.4) is 0 Å². The number of aryl methyl sites for hydroxylation is 1. The first-order valence-corrected chi connectivity index (χ1v) is 10.3. The van der Waals surface area contributed by atoms with Crippen molar-refractivity contribution >= 4 is 27.5 Å². The largest absolute Gasteiger partial charge is 0.478 e.